The fourth-order valence-electron chi connectivity index (χ4n) is 2.07. The summed E-state index contributed by atoms with van der Waals surface area (Å²) in [6.07, 6.45) is 2.15. The first kappa shape index (κ1) is 13.6. The number of rotatable bonds is 4. The normalized spacial score (nSPS) is 15.6. The van der Waals surface area contributed by atoms with Gasteiger partial charge in [-0.15, -0.1) is 0 Å². The number of hydrogen-bond donors (Lipinski definition) is 2. The molecule has 1 aliphatic rings. The second kappa shape index (κ2) is 6.92. The van der Waals surface area contributed by atoms with Crippen LogP contribution in [0.1, 0.15) is 25.3 Å². The Morgan fingerprint density at radius 2 is 1.94 bits per heavy atom. The molecule has 4 heteroatoms. The van der Waals surface area contributed by atoms with E-state index in [1.54, 1.807) is 0 Å². The molecule has 1 aromatic rings. The van der Waals surface area contributed by atoms with E-state index in [2.05, 4.69) is 51.0 Å². The molecule has 2 rings (SSSR count). The van der Waals surface area contributed by atoms with Gasteiger partial charge in [0.25, 0.3) is 0 Å². The summed E-state index contributed by atoms with van der Waals surface area (Å²) in [7, 11) is 0. The molecule has 1 aromatic carbocycles. The van der Waals surface area contributed by atoms with Gasteiger partial charge < -0.3 is 5.32 Å². The average molecular weight is 311 g/mol. The zero-order valence-corrected chi connectivity index (χ0v) is 12.2. The Bertz CT molecular complexity index is 406. The van der Waals surface area contributed by atoms with Crippen molar-refractivity contribution in [3.05, 3.63) is 39.9 Å². The van der Waals surface area contributed by atoms with Crippen molar-refractivity contribution in [2.24, 2.45) is 0 Å². The second-order valence-electron chi connectivity index (χ2n) is 4.27. The highest BCUT2D eigenvalue weighted by molar-refractivity contribution is 9.10. The first-order valence-electron chi connectivity index (χ1n) is 6.37. The topological polar surface area (TPSA) is 33.3 Å². The van der Waals surface area contributed by atoms with E-state index in [9.17, 15) is 0 Å². The summed E-state index contributed by atoms with van der Waals surface area (Å²) in [4.78, 5) is 5.39. The Balaban J connectivity index is 2.26. The van der Waals surface area contributed by atoms with Gasteiger partial charge in [-0.1, -0.05) is 28.1 Å². The Labute approximate surface area is 117 Å². The predicted octanol–water partition coefficient (Wildman–Crippen LogP) is 3.08. The number of hydrogen-bond acceptors (Lipinski definition) is 3. The molecule has 0 atom stereocenters. The molecule has 0 aliphatic carbocycles. The van der Waals surface area contributed by atoms with Gasteiger partial charge in [-0.25, -0.2) is 0 Å². The first-order chi connectivity index (χ1) is 8.81. The van der Waals surface area contributed by atoms with E-state index in [4.69, 9.17) is 4.84 Å². The van der Waals surface area contributed by atoms with Crippen LogP contribution in [0.25, 0.3) is 5.70 Å². The van der Waals surface area contributed by atoms with E-state index in [-0.39, 0.29) is 0 Å². The molecule has 1 aliphatic heterocycles. The smallest absolute Gasteiger partial charge is 0.0717 e. The Morgan fingerprint density at radius 3 is 2.56 bits per heavy atom. The number of halogens is 1. The van der Waals surface area contributed by atoms with Crippen molar-refractivity contribution in [3.8, 4) is 0 Å². The minimum Gasteiger partial charge on any atom is -0.316 e. The quantitative estimate of drug-likeness (QED) is 0.839. The molecule has 3 nitrogen and oxygen atoms in total. The van der Waals surface area contributed by atoms with Gasteiger partial charge in [0.2, 0.25) is 0 Å². The van der Waals surface area contributed by atoms with Crippen LogP contribution in [-0.2, 0) is 4.84 Å². The Hall–Kier alpha value is -0.840. The van der Waals surface area contributed by atoms with E-state index < -0.39 is 0 Å². The third-order valence-electron chi connectivity index (χ3n) is 3.01. The van der Waals surface area contributed by atoms with Crippen LogP contribution >= 0.6 is 15.9 Å². The third-order valence-corrected chi connectivity index (χ3v) is 3.54. The van der Waals surface area contributed by atoms with Crippen molar-refractivity contribution in [2.75, 3.05) is 19.7 Å². The van der Waals surface area contributed by atoms with Gasteiger partial charge in [0.15, 0.2) is 0 Å². The van der Waals surface area contributed by atoms with E-state index >= 15 is 0 Å². The lowest BCUT2D eigenvalue weighted by molar-refractivity contribution is 0.0892. The molecule has 2 N–H and O–H groups in total. The molecular weight excluding hydrogens is 292 g/mol. The molecule has 0 saturated carbocycles. The van der Waals surface area contributed by atoms with Gasteiger partial charge in [0.1, 0.15) is 0 Å². The lowest BCUT2D eigenvalue weighted by Crippen LogP contribution is -2.26. The highest BCUT2D eigenvalue weighted by Gasteiger charge is 2.12. The number of benzene rings is 1. The van der Waals surface area contributed by atoms with Gasteiger partial charge in [0, 0.05) is 4.47 Å². The Kier molecular flexibility index (Phi) is 5.23. The third kappa shape index (κ3) is 3.57. The van der Waals surface area contributed by atoms with Crippen molar-refractivity contribution >= 4 is 21.6 Å². The molecule has 1 saturated heterocycles. The Morgan fingerprint density at radius 1 is 1.28 bits per heavy atom. The monoisotopic (exact) mass is 310 g/mol. The first-order valence-corrected chi connectivity index (χ1v) is 7.17. The minimum absolute atomic E-state index is 0.658. The molecule has 0 unspecified atom stereocenters. The van der Waals surface area contributed by atoms with E-state index in [0.29, 0.717) is 6.61 Å². The van der Waals surface area contributed by atoms with Gasteiger partial charge >= 0.3 is 0 Å². The van der Waals surface area contributed by atoms with Crippen molar-refractivity contribution in [3.63, 3.8) is 0 Å². The maximum atomic E-state index is 5.39. The minimum atomic E-state index is 0.658. The summed E-state index contributed by atoms with van der Waals surface area (Å²) in [5.41, 5.74) is 6.86. The summed E-state index contributed by atoms with van der Waals surface area (Å²) in [5.74, 6) is 0. The maximum Gasteiger partial charge on any atom is 0.0717 e. The molecule has 18 heavy (non-hydrogen) atoms. The summed E-state index contributed by atoms with van der Waals surface area (Å²) in [5, 5.41) is 3.38. The molecule has 1 heterocycles. The molecule has 1 fully saturated rings. The molecule has 0 radical (unpaired) electrons. The summed E-state index contributed by atoms with van der Waals surface area (Å²) in [6.45, 7) is 4.73. The van der Waals surface area contributed by atoms with Crippen LogP contribution in [0.3, 0.4) is 0 Å². The van der Waals surface area contributed by atoms with Gasteiger partial charge in [-0.05, 0) is 56.1 Å². The summed E-state index contributed by atoms with van der Waals surface area (Å²) in [6, 6.07) is 8.34. The van der Waals surface area contributed by atoms with E-state index in [1.165, 1.54) is 11.1 Å². The van der Waals surface area contributed by atoms with Crippen molar-refractivity contribution in [2.45, 2.75) is 19.8 Å². The molecule has 0 aromatic heterocycles. The lowest BCUT2D eigenvalue weighted by Gasteiger charge is -2.21. The van der Waals surface area contributed by atoms with Crippen LogP contribution in [0.4, 0.5) is 0 Å². The van der Waals surface area contributed by atoms with E-state index in [1.807, 2.05) is 6.92 Å². The van der Waals surface area contributed by atoms with Crippen LogP contribution in [-0.4, -0.2) is 19.7 Å². The summed E-state index contributed by atoms with van der Waals surface area (Å²) < 4.78 is 1.09. The van der Waals surface area contributed by atoms with Gasteiger partial charge in [-0.3, -0.25) is 10.3 Å². The highest BCUT2D eigenvalue weighted by Crippen LogP contribution is 2.24. The SMILES string of the molecule is CCONC(=C1CCNCC1)c1ccc(Br)cc1. The molecule has 0 bridgehead atoms. The fraction of sp³-hybridized carbons (Fsp3) is 0.429. The second-order valence-corrected chi connectivity index (χ2v) is 5.19. The lowest BCUT2D eigenvalue weighted by atomic mass is 9.99. The molecule has 0 amide bonds. The predicted molar refractivity (Wildman–Crippen MR) is 77.9 cm³/mol. The summed E-state index contributed by atoms with van der Waals surface area (Å²) >= 11 is 3.47. The van der Waals surface area contributed by atoms with Crippen LogP contribution < -0.4 is 10.8 Å². The maximum absolute atomic E-state index is 5.39. The molecular formula is C14H19BrN2O. The van der Waals surface area contributed by atoms with Crippen molar-refractivity contribution in [1.29, 1.82) is 0 Å². The van der Waals surface area contributed by atoms with Crippen LogP contribution in [0, 0.1) is 0 Å². The van der Waals surface area contributed by atoms with Crippen molar-refractivity contribution in [1.82, 2.24) is 10.8 Å². The molecule has 98 valence electrons. The number of piperidine rings is 1. The zero-order valence-electron chi connectivity index (χ0n) is 10.6. The van der Waals surface area contributed by atoms with Crippen LogP contribution in [0.2, 0.25) is 0 Å². The number of hydroxylamine groups is 1. The zero-order chi connectivity index (χ0) is 12.8. The van der Waals surface area contributed by atoms with Crippen LogP contribution in [0.5, 0.6) is 0 Å². The van der Waals surface area contributed by atoms with E-state index in [0.717, 1.165) is 36.1 Å². The standard InChI is InChI=1S/C14H19BrN2O/c1-2-18-17-14(12-7-9-16-10-8-12)11-3-5-13(15)6-4-11/h3-6,16-17H,2,7-10H2,1H3. The highest BCUT2D eigenvalue weighted by atomic mass is 79.9. The fourth-order valence-corrected chi connectivity index (χ4v) is 2.34. The van der Waals surface area contributed by atoms with Gasteiger partial charge in [-0.2, -0.15) is 0 Å². The number of nitrogens with one attached hydrogen (secondary N) is 2. The van der Waals surface area contributed by atoms with Gasteiger partial charge in [0.05, 0.1) is 12.3 Å². The largest absolute Gasteiger partial charge is 0.316 e. The molecule has 0 spiro atoms. The average Bonchev–Trinajstić information content (AvgIpc) is 2.42. The van der Waals surface area contributed by atoms with Crippen LogP contribution in [0.15, 0.2) is 34.3 Å². The van der Waals surface area contributed by atoms with Crippen molar-refractivity contribution < 1.29 is 4.84 Å².